The van der Waals surface area contributed by atoms with Crippen LogP contribution in [-0.4, -0.2) is 33.9 Å². The normalized spacial score (nSPS) is 17.2. The summed E-state index contributed by atoms with van der Waals surface area (Å²) in [7, 11) is 0. The molecule has 1 fully saturated rings. The highest BCUT2D eigenvalue weighted by Gasteiger charge is 2.34. The highest BCUT2D eigenvalue weighted by atomic mass is 19.4. The van der Waals surface area contributed by atoms with Gasteiger partial charge in [-0.1, -0.05) is 0 Å². The molecule has 184 valence electrons. The Morgan fingerprint density at radius 1 is 1.14 bits per heavy atom. The van der Waals surface area contributed by atoms with Crippen LogP contribution in [0.4, 0.5) is 27.8 Å². The number of nitrogens with zero attached hydrogens (tertiary/aromatic N) is 4. The van der Waals surface area contributed by atoms with Crippen molar-refractivity contribution in [2.45, 2.75) is 31.8 Å². The Balaban J connectivity index is 1.31. The smallest absolute Gasteiger partial charge is 0.433 e. The predicted molar refractivity (Wildman–Crippen MR) is 110 cm³/mol. The van der Waals surface area contributed by atoms with Crippen molar-refractivity contribution >= 4 is 5.82 Å². The van der Waals surface area contributed by atoms with Gasteiger partial charge in [0, 0.05) is 24.9 Å². The van der Waals surface area contributed by atoms with Gasteiger partial charge in [-0.05, 0) is 30.2 Å². The lowest BCUT2D eigenvalue weighted by molar-refractivity contribution is -0.141. The Morgan fingerprint density at radius 3 is 2.66 bits per heavy atom. The Hall–Kier alpha value is -3.74. The summed E-state index contributed by atoms with van der Waals surface area (Å²) >= 11 is 0. The van der Waals surface area contributed by atoms with E-state index in [1.165, 1.54) is 4.57 Å². The molecule has 0 bridgehead atoms. The molecule has 2 aliphatic heterocycles. The first kappa shape index (κ1) is 23.0. The van der Waals surface area contributed by atoms with Crippen LogP contribution in [0.15, 0.2) is 41.3 Å². The molecule has 3 aromatic rings. The van der Waals surface area contributed by atoms with Gasteiger partial charge in [-0.3, -0.25) is 9.55 Å². The van der Waals surface area contributed by atoms with Gasteiger partial charge in [0.25, 0.3) is 0 Å². The Bertz CT molecular complexity index is 1310. The second-order valence-corrected chi connectivity index (χ2v) is 7.95. The molecule has 5 rings (SSSR count). The fourth-order valence-corrected chi connectivity index (χ4v) is 3.95. The SMILES string of the molecule is O=c1nc(OCc2cc(F)c(Oc3ccnc(C(F)(F)F)c3)c(F)c2)cc2n1CC1CCOCN21. The lowest BCUT2D eigenvalue weighted by Gasteiger charge is -2.30. The molecule has 1 unspecified atom stereocenters. The van der Waals surface area contributed by atoms with Gasteiger partial charge < -0.3 is 19.1 Å². The summed E-state index contributed by atoms with van der Waals surface area (Å²) in [5, 5.41) is 0. The third kappa shape index (κ3) is 4.63. The van der Waals surface area contributed by atoms with E-state index in [1.807, 2.05) is 4.90 Å². The number of fused-ring (bicyclic) bond motifs is 3. The maximum absolute atomic E-state index is 14.5. The third-order valence-electron chi connectivity index (χ3n) is 5.61. The topological polar surface area (TPSA) is 78.7 Å². The fraction of sp³-hybridized carbons (Fsp3) is 0.318. The molecule has 35 heavy (non-hydrogen) atoms. The Labute approximate surface area is 194 Å². The third-order valence-corrected chi connectivity index (χ3v) is 5.61. The van der Waals surface area contributed by atoms with Gasteiger partial charge in [0.1, 0.15) is 30.6 Å². The highest BCUT2D eigenvalue weighted by molar-refractivity contribution is 5.47. The number of hydrogen-bond acceptors (Lipinski definition) is 7. The van der Waals surface area contributed by atoms with Crippen molar-refractivity contribution in [2.24, 2.45) is 0 Å². The minimum absolute atomic E-state index is 0.0231. The van der Waals surface area contributed by atoms with E-state index in [-0.39, 0.29) is 24.1 Å². The van der Waals surface area contributed by atoms with Crippen LogP contribution in [0.5, 0.6) is 17.4 Å². The van der Waals surface area contributed by atoms with Crippen LogP contribution in [0, 0.1) is 11.6 Å². The zero-order valence-electron chi connectivity index (χ0n) is 17.9. The zero-order chi connectivity index (χ0) is 24.7. The number of ether oxygens (including phenoxy) is 3. The van der Waals surface area contributed by atoms with Crippen LogP contribution in [-0.2, 0) is 24.1 Å². The molecule has 1 aromatic carbocycles. The van der Waals surface area contributed by atoms with E-state index in [9.17, 15) is 26.7 Å². The van der Waals surface area contributed by atoms with Crippen LogP contribution in [0.25, 0.3) is 0 Å². The summed E-state index contributed by atoms with van der Waals surface area (Å²) in [6.07, 6.45) is -3.16. The summed E-state index contributed by atoms with van der Waals surface area (Å²) in [6, 6.07) is 5.09. The van der Waals surface area contributed by atoms with E-state index in [0.717, 1.165) is 30.8 Å². The standard InChI is InChI=1S/C22H17F5N4O4/c23-15-5-12(6-16(24)20(15)35-14-1-3-28-17(7-14)22(25,26)27)10-34-18-8-19-30(21(32)29-18)9-13-2-4-33-11-31(13)19/h1,3,5-8,13H,2,4,9-11H2. The van der Waals surface area contributed by atoms with Crippen LogP contribution >= 0.6 is 0 Å². The van der Waals surface area contributed by atoms with Crippen molar-refractivity contribution in [3.63, 3.8) is 0 Å². The van der Waals surface area contributed by atoms with E-state index < -0.39 is 40.7 Å². The van der Waals surface area contributed by atoms with E-state index in [4.69, 9.17) is 14.2 Å². The molecule has 2 aromatic heterocycles. The average Bonchev–Trinajstić information content (AvgIpc) is 3.19. The maximum Gasteiger partial charge on any atom is 0.433 e. The van der Waals surface area contributed by atoms with Gasteiger partial charge in [0.15, 0.2) is 17.4 Å². The molecule has 0 saturated carbocycles. The molecular formula is C22H17F5N4O4. The molecule has 0 spiro atoms. The molecule has 4 heterocycles. The lowest BCUT2D eigenvalue weighted by atomic mass is 10.2. The molecule has 13 heteroatoms. The minimum Gasteiger partial charge on any atom is -0.473 e. The van der Waals surface area contributed by atoms with Gasteiger partial charge in [0.05, 0.1) is 12.6 Å². The van der Waals surface area contributed by atoms with Crippen molar-refractivity contribution in [3.05, 3.63) is 69.9 Å². The fourth-order valence-electron chi connectivity index (χ4n) is 3.95. The summed E-state index contributed by atoms with van der Waals surface area (Å²) in [5.41, 5.74) is -1.72. The van der Waals surface area contributed by atoms with E-state index >= 15 is 0 Å². The molecule has 0 amide bonds. The molecule has 0 radical (unpaired) electrons. The summed E-state index contributed by atoms with van der Waals surface area (Å²) in [4.78, 5) is 21.4. The van der Waals surface area contributed by atoms with Gasteiger partial charge in [0.2, 0.25) is 5.88 Å². The Morgan fingerprint density at radius 2 is 1.91 bits per heavy atom. The average molecular weight is 496 g/mol. The molecular weight excluding hydrogens is 479 g/mol. The largest absolute Gasteiger partial charge is 0.473 e. The minimum atomic E-state index is -4.74. The molecule has 0 N–H and O–H groups in total. The van der Waals surface area contributed by atoms with Crippen molar-refractivity contribution in [3.8, 4) is 17.4 Å². The lowest BCUT2D eigenvalue weighted by Crippen LogP contribution is -2.39. The van der Waals surface area contributed by atoms with Gasteiger partial charge in [-0.25, -0.2) is 13.6 Å². The van der Waals surface area contributed by atoms with Crippen molar-refractivity contribution < 1.29 is 36.2 Å². The molecule has 8 nitrogen and oxygen atoms in total. The second kappa shape index (κ2) is 8.80. The van der Waals surface area contributed by atoms with Gasteiger partial charge >= 0.3 is 11.9 Å². The number of hydrogen-bond donors (Lipinski definition) is 0. The summed E-state index contributed by atoms with van der Waals surface area (Å²) in [6.45, 7) is 1.09. The number of anilines is 1. The van der Waals surface area contributed by atoms with Crippen molar-refractivity contribution in [2.75, 3.05) is 18.2 Å². The monoisotopic (exact) mass is 496 g/mol. The molecule has 0 aliphatic carbocycles. The summed E-state index contributed by atoms with van der Waals surface area (Å²) < 4.78 is 85.0. The van der Waals surface area contributed by atoms with Gasteiger partial charge in [-0.2, -0.15) is 18.2 Å². The number of halogens is 5. The van der Waals surface area contributed by atoms with E-state index in [2.05, 4.69) is 9.97 Å². The molecule has 1 atom stereocenters. The number of aromatic nitrogens is 3. The second-order valence-electron chi connectivity index (χ2n) is 7.95. The molecule has 2 aliphatic rings. The molecule has 1 saturated heterocycles. The highest BCUT2D eigenvalue weighted by Crippen LogP contribution is 2.34. The van der Waals surface area contributed by atoms with Crippen molar-refractivity contribution in [1.82, 2.24) is 14.5 Å². The quantitative estimate of drug-likeness (QED) is 0.497. The summed E-state index contributed by atoms with van der Waals surface area (Å²) in [5.74, 6) is -3.05. The zero-order valence-corrected chi connectivity index (χ0v) is 17.9. The van der Waals surface area contributed by atoms with Crippen LogP contribution in [0.3, 0.4) is 0 Å². The van der Waals surface area contributed by atoms with Crippen LogP contribution < -0.4 is 20.1 Å². The van der Waals surface area contributed by atoms with Crippen LogP contribution in [0.2, 0.25) is 0 Å². The number of benzene rings is 1. The predicted octanol–water partition coefficient (Wildman–Crippen LogP) is 3.87. The van der Waals surface area contributed by atoms with Gasteiger partial charge in [-0.15, -0.1) is 0 Å². The number of rotatable bonds is 5. The van der Waals surface area contributed by atoms with Crippen LogP contribution in [0.1, 0.15) is 17.7 Å². The first-order valence-electron chi connectivity index (χ1n) is 10.5. The first-order valence-corrected chi connectivity index (χ1v) is 10.5. The number of pyridine rings is 1. The van der Waals surface area contributed by atoms with Crippen molar-refractivity contribution in [1.29, 1.82) is 0 Å². The first-order chi connectivity index (χ1) is 16.7. The van der Waals surface area contributed by atoms with E-state index in [0.29, 0.717) is 31.8 Å². The number of alkyl halides is 3. The van der Waals surface area contributed by atoms with E-state index in [1.54, 1.807) is 6.07 Å². The maximum atomic E-state index is 14.5. The Kier molecular flexibility index (Phi) is 5.79.